The quantitative estimate of drug-likeness (QED) is 0.705. The molecule has 0 atom stereocenters. The van der Waals surface area contributed by atoms with Crippen molar-refractivity contribution in [3.05, 3.63) is 48.8 Å². The zero-order valence-electron chi connectivity index (χ0n) is 12.8. The normalized spacial score (nSPS) is 11.5. The fourth-order valence-electron chi connectivity index (χ4n) is 2.32. The second kappa shape index (κ2) is 6.78. The number of amides is 2. The lowest BCUT2D eigenvalue weighted by Crippen LogP contribution is -2.36. The average Bonchev–Trinajstić information content (AvgIpc) is 2.95. The van der Waals surface area contributed by atoms with E-state index in [-0.39, 0.29) is 0 Å². The van der Waals surface area contributed by atoms with E-state index in [0.717, 1.165) is 21.3 Å². The second-order valence-corrected chi connectivity index (χ2v) is 6.00. The molecule has 2 radical (unpaired) electrons. The smallest absolute Gasteiger partial charge is 0.329 e. The SMILES string of the molecule is O=C(NCC(F)(F)F)Nc1cccc(-c2cnc3c[c]([Al])ccn23)c1. The van der Waals surface area contributed by atoms with Gasteiger partial charge in [0.1, 0.15) is 12.2 Å². The monoisotopic (exact) mass is 360 g/mol. The van der Waals surface area contributed by atoms with Gasteiger partial charge in [0, 0.05) is 17.4 Å². The van der Waals surface area contributed by atoms with E-state index in [9.17, 15) is 18.0 Å². The molecule has 5 nitrogen and oxygen atoms in total. The predicted molar refractivity (Wildman–Crippen MR) is 89.1 cm³/mol. The van der Waals surface area contributed by atoms with Crippen molar-refractivity contribution >= 4 is 38.1 Å². The summed E-state index contributed by atoms with van der Waals surface area (Å²) in [4.78, 5) is 15.9. The molecule has 0 unspecified atom stereocenters. The molecule has 2 N–H and O–H groups in total. The van der Waals surface area contributed by atoms with Crippen LogP contribution in [0.3, 0.4) is 0 Å². The molecule has 0 saturated heterocycles. The van der Waals surface area contributed by atoms with Gasteiger partial charge in [-0.1, -0.05) is 18.2 Å². The summed E-state index contributed by atoms with van der Waals surface area (Å²) in [6.45, 7) is -1.39. The Kier molecular flexibility index (Phi) is 4.70. The van der Waals surface area contributed by atoms with Crippen LogP contribution in [0.2, 0.25) is 0 Å². The maximum absolute atomic E-state index is 12.1. The fourth-order valence-corrected chi connectivity index (χ4v) is 2.56. The number of benzene rings is 1. The summed E-state index contributed by atoms with van der Waals surface area (Å²) in [5, 5.41) is 4.16. The third kappa shape index (κ3) is 4.32. The van der Waals surface area contributed by atoms with E-state index in [1.807, 2.05) is 28.8 Å². The first-order valence-corrected chi connectivity index (χ1v) is 7.84. The lowest BCUT2D eigenvalue weighted by molar-refractivity contribution is -0.122. The number of pyridine rings is 1. The third-order valence-corrected chi connectivity index (χ3v) is 3.76. The summed E-state index contributed by atoms with van der Waals surface area (Å²) in [5.41, 5.74) is 2.73. The van der Waals surface area contributed by atoms with Crippen molar-refractivity contribution in [3.8, 4) is 11.3 Å². The number of carbonyl (C=O) groups is 1. The Labute approximate surface area is 149 Å². The number of nitrogens with one attached hydrogen (secondary N) is 2. The molecule has 0 fully saturated rings. The van der Waals surface area contributed by atoms with Gasteiger partial charge in [0.05, 0.1) is 11.9 Å². The predicted octanol–water partition coefficient (Wildman–Crippen LogP) is 2.48. The van der Waals surface area contributed by atoms with Gasteiger partial charge in [0.25, 0.3) is 0 Å². The van der Waals surface area contributed by atoms with Gasteiger partial charge >= 0.3 is 12.2 Å². The van der Waals surface area contributed by atoms with Crippen LogP contribution < -0.4 is 15.1 Å². The molecule has 2 aromatic heterocycles. The first-order valence-electron chi connectivity index (χ1n) is 7.26. The molecule has 1 aromatic carbocycles. The number of fused-ring (bicyclic) bond motifs is 1. The molecule has 0 saturated carbocycles. The van der Waals surface area contributed by atoms with Crippen LogP contribution in [0, 0.1) is 0 Å². The maximum Gasteiger partial charge on any atom is 0.405 e. The number of urea groups is 1. The molecule has 0 aliphatic heterocycles. The van der Waals surface area contributed by atoms with Crippen molar-refractivity contribution in [1.82, 2.24) is 14.7 Å². The van der Waals surface area contributed by atoms with Crippen LogP contribution in [-0.4, -0.2) is 44.4 Å². The zero-order valence-corrected chi connectivity index (χ0v) is 14.0. The zero-order chi connectivity index (χ0) is 18.0. The number of alkyl halides is 3. The molecular formula is C16H12AlF3N4O. The van der Waals surface area contributed by atoms with E-state index in [2.05, 4.69) is 26.6 Å². The molecule has 2 amide bonds. The minimum Gasteiger partial charge on any atom is -0.329 e. The lowest BCUT2D eigenvalue weighted by Gasteiger charge is -2.10. The van der Waals surface area contributed by atoms with Gasteiger partial charge in [-0.15, -0.1) is 4.43 Å². The van der Waals surface area contributed by atoms with E-state index in [0.29, 0.717) is 5.69 Å². The number of hydrogen-bond donors (Lipinski definition) is 2. The summed E-state index contributed by atoms with van der Waals surface area (Å²) in [6, 6.07) is 9.71. The number of hydrogen-bond acceptors (Lipinski definition) is 2. The van der Waals surface area contributed by atoms with E-state index in [4.69, 9.17) is 0 Å². The van der Waals surface area contributed by atoms with Crippen molar-refractivity contribution < 1.29 is 18.0 Å². The Hall–Kier alpha value is -2.50. The van der Waals surface area contributed by atoms with Crippen molar-refractivity contribution in [2.75, 3.05) is 11.9 Å². The van der Waals surface area contributed by atoms with Crippen LogP contribution in [0.15, 0.2) is 48.8 Å². The number of rotatable bonds is 3. The van der Waals surface area contributed by atoms with Crippen LogP contribution in [0.25, 0.3) is 16.9 Å². The van der Waals surface area contributed by atoms with Gasteiger partial charge in [-0.2, -0.15) is 13.2 Å². The van der Waals surface area contributed by atoms with Crippen LogP contribution in [0.4, 0.5) is 23.7 Å². The van der Waals surface area contributed by atoms with Crippen molar-refractivity contribution in [3.63, 3.8) is 0 Å². The standard InChI is InChI=1S/C16H12F3N4O.Al/c17-16(18,19)10-21-15(24)22-12-5-3-4-11(8-12)13-9-20-14-6-1-2-7-23(13)14;/h2-9H,10H2,(H2,21,22,24);. The molecule has 0 bridgehead atoms. The number of aromatic nitrogens is 2. The summed E-state index contributed by atoms with van der Waals surface area (Å²) < 4.78 is 39.3. The van der Waals surface area contributed by atoms with Gasteiger partial charge < -0.3 is 10.6 Å². The molecule has 0 aliphatic carbocycles. The highest BCUT2D eigenvalue weighted by Crippen LogP contribution is 2.23. The Morgan fingerprint density at radius 2 is 2.04 bits per heavy atom. The van der Waals surface area contributed by atoms with E-state index >= 15 is 0 Å². The summed E-state index contributed by atoms with van der Waals surface area (Å²) in [5.74, 6) is 0. The topological polar surface area (TPSA) is 58.4 Å². The Bertz CT molecular complexity index is 923. The van der Waals surface area contributed by atoms with Crippen LogP contribution in [0.5, 0.6) is 0 Å². The van der Waals surface area contributed by atoms with Crippen LogP contribution in [-0.2, 0) is 0 Å². The summed E-state index contributed by atoms with van der Waals surface area (Å²) in [6.07, 6.45) is -0.884. The van der Waals surface area contributed by atoms with Gasteiger partial charge in [0.15, 0.2) is 16.3 Å². The second-order valence-electron chi connectivity index (χ2n) is 5.34. The Morgan fingerprint density at radius 1 is 1.24 bits per heavy atom. The summed E-state index contributed by atoms with van der Waals surface area (Å²) in [7, 11) is 0. The number of carbonyl (C=O) groups excluding carboxylic acids is 1. The minimum atomic E-state index is -4.45. The molecule has 0 aliphatic rings. The van der Waals surface area contributed by atoms with Gasteiger partial charge in [-0.25, -0.2) is 9.78 Å². The Morgan fingerprint density at radius 3 is 2.80 bits per heavy atom. The van der Waals surface area contributed by atoms with Crippen LogP contribution >= 0.6 is 0 Å². The first-order chi connectivity index (χ1) is 11.8. The molecule has 126 valence electrons. The number of imidazole rings is 1. The number of anilines is 1. The minimum absolute atomic E-state index is 0.384. The van der Waals surface area contributed by atoms with Crippen molar-refractivity contribution in [2.45, 2.75) is 6.18 Å². The lowest BCUT2D eigenvalue weighted by atomic mass is 10.1. The highest BCUT2D eigenvalue weighted by atomic mass is 27.0. The molecular weight excluding hydrogens is 348 g/mol. The fraction of sp³-hybridized carbons (Fsp3) is 0.125. The molecule has 0 spiro atoms. The number of nitrogens with zero attached hydrogens (tertiary/aromatic N) is 2. The highest BCUT2D eigenvalue weighted by Gasteiger charge is 2.27. The van der Waals surface area contributed by atoms with E-state index in [1.165, 1.54) is 0 Å². The van der Waals surface area contributed by atoms with Crippen LogP contribution in [0.1, 0.15) is 0 Å². The highest BCUT2D eigenvalue weighted by molar-refractivity contribution is 6.32. The van der Waals surface area contributed by atoms with Crippen molar-refractivity contribution in [2.24, 2.45) is 0 Å². The maximum atomic E-state index is 12.1. The van der Waals surface area contributed by atoms with Gasteiger partial charge in [0.2, 0.25) is 0 Å². The molecule has 3 aromatic rings. The van der Waals surface area contributed by atoms with E-state index < -0.39 is 18.8 Å². The van der Waals surface area contributed by atoms with E-state index in [1.54, 1.807) is 29.7 Å². The first kappa shape index (κ1) is 17.3. The Balaban J connectivity index is 1.80. The van der Waals surface area contributed by atoms with Gasteiger partial charge in [-0.3, -0.25) is 4.40 Å². The molecule has 25 heavy (non-hydrogen) atoms. The molecule has 3 rings (SSSR count). The van der Waals surface area contributed by atoms with Gasteiger partial charge in [-0.05, 0) is 18.2 Å². The average molecular weight is 360 g/mol. The largest absolute Gasteiger partial charge is 0.405 e. The molecule has 2 heterocycles. The van der Waals surface area contributed by atoms with Crippen molar-refractivity contribution in [1.29, 1.82) is 0 Å². The number of halogens is 3. The molecule has 9 heteroatoms. The third-order valence-electron chi connectivity index (χ3n) is 3.40. The summed E-state index contributed by atoms with van der Waals surface area (Å²) >= 11 is 2.60.